The van der Waals surface area contributed by atoms with Crippen molar-refractivity contribution in [3.8, 4) is 0 Å². The molecule has 2 aromatic heterocycles. The molecule has 3 heterocycles. The van der Waals surface area contributed by atoms with Crippen LogP contribution in [-0.4, -0.2) is 32.4 Å². The molecule has 7 heteroatoms. The molecule has 1 amide bonds. The van der Waals surface area contributed by atoms with E-state index in [0.717, 1.165) is 22.8 Å². The monoisotopic (exact) mass is 391 g/mol. The molecule has 142 valence electrons. The Morgan fingerprint density at radius 3 is 2.61 bits per heavy atom. The summed E-state index contributed by atoms with van der Waals surface area (Å²) in [5.41, 5.74) is 3.70. The maximum absolute atomic E-state index is 12.7. The van der Waals surface area contributed by atoms with E-state index >= 15 is 0 Å². The maximum atomic E-state index is 12.7. The minimum atomic E-state index is -0.155. The second-order valence-corrected chi connectivity index (χ2v) is 7.15. The van der Waals surface area contributed by atoms with Crippen molar-refractivity contribution in [2.45, 2.75) is 19.0 Å². The van der Waals surface area contributed by atoms with Gasteiger partial charge in [-0.25, -0.2) is 0 Å². The molecule has 1 aliphatic heterocycles. The van der Waals surface area contributed by atoms with E-state index in [1.807, 2.05) is 72.5 Å². The van der Waals surface area contributed by atoms with Crippen LogP contribution in [-0.2, 0) is 4.79 Å². The highest BCUT2D eigenvalue weighted by atomic mass is 32.1. The molecule has 3 N–H and O–H groups in total. The number of rotatable bonds is 5. The van der Waals surface area contributed by atoms with E-state index in [-0.39, 0.29) is 24.5 Å². The second-order valence-electron chi connectivity index (χ2n) is 6.77. The van der Waals surface area contributed by atoms with Crippen LogP contribution in [0.15, 0.2) is 66.9 Å². The third-order valence-corrected chi connectivity index (χ3v) is 5.09. The second kappa shape index (κ2) is 7.82. The van der Waals surface area contributed by atoms with Crippen molar-refractivity contribution < 1.29 is 4.79 Å². The molecule has 0 aliphatic carbocycles. The van der Waals surface area contributed by atoms with Gasteiger partial charge >= 0.3 is 0 Å². The van der Waals surface area contributed by atoms with E-state index in [2.05, 4.69) is 20.6 Å². The van der Waals surface area contributed by atoms with E-state index in [1.54, 1.807) is 6.20 Å². The number of benzene rings is 1. The molecule has 2 atom stereocenters. The van der Waals surface area contributed by atoms with Crippen LogP contribution in [0.25, 0.3) is 0 Å². The van der Waals surface area contributed by atoms with Crippen LogP contribution in [0.5, 0.6) is 0 Å². The highest BCUT2D eigenvalue weighted by molar-refractivity contribution is 7.80. The number of hydrogen-bond acceptors (Lipinski definition) is 3. The summed E-state index contributed by atoms with van der Waals surface area (Å²) in [7, 11) is 0. The minimum absolute atomic E-state index is 0.120. The third kappa shape index (κ3) is 3.75. The zero-order chi connectivity index (χ0) is 19.5. The fourth-order valence-corrected chi connectivity index (χ4v) is 3.79. The topological polar surface area (TPSA) is 73.1 Å². The minimum Gasteiger partial charge on any atom is -0.361 e. The largest absolute Gasteiger partial charge is 0.361 e. The van der Waals surface area contributed by atoms with Crippen molar-refractivity contribution in [1.82, 2.24) is 20.2 Å². The van der Waals surface area contributed by atoms with Gasteiger partial charge in [0.05, 0.1) is 17.8 Å². The van der Waals surface area contributed by atoms with Crippen LogP contribution in [0.3, 0.4) is 0 Å². The number of H-pyrrole nitrogens is 1. The van der Waals surface area contributed by atoms with Crippen LogP contribution in [0.4, 0.5) is 5.69 Å². The number of nitrogens with zero attached hydrogens (tertiary/aromatic N) is 2. The van der Waals surface area contributed by atoms with Crippen molar-refractivity contribution in [1.29, 1.82) is 0 Å². The molecule has 3 aromatic rings. The van der Waals surface area contributed by atoms with Gasteiger partial charge in [-0.05, 0) is 55.5 Å². The van der Waals surface area contributed by atoms with Crippen molar-refractivity contribution in [2.75, 3.05) is 11.9 Å². The number of pyridine rings is 1. The summed E-state index contributed by atoms with van der Waals surface area (Å²) in [4.78, 5) is 22.5. The van der Waals surface area contributed by atoms with Gasteiger partial charge in [0, 0.05) is 23.3 Å². The van der Waals surface area contributed by atoms with Gasteiger partial charge in [0.15, 0.2) is 5.11 Å². The third-order valence-electron chi connectivity index (χ3n) is 4.74. The zero-order valence-electron chi connectivity index (χ0n) is 15.4. The molecular formula is C21H21N5OS. The number of thiocarbonyl (C=S) groups is 1. The van der Waals surface area contributed by atoms with E-state index in [0.29, 0.717) is 5.11 Å². The number of aromatic nitrogens is 2. The Morgan fingerprint density at radius 2 is 1.93 bits per heavy atom. The molecule has 1 aliphatic rings. The van der Waals surface area contributed by atoms with Gasteiger partial charge < -0.3 is 20.5 Å². The highest BCUT2D eigenvalue weighted by Gasteiger charge is 2.41. The molecule has 2 unspecified atom stereocenters. The Labute approximate surface area is 169 Å². The molecule has 4 rings (SSSR count). The lowest BCUT2D eigenvalue weighted by Gasteiger charge is -2.26. The summed E-state index contributed by atoms with van der Waals surface area (Å²) in [6.07, 6.45) is 1.77. The summed E-state index contributed by atoms with van der Waals surface area (Å²) in [5.74, 6) is -0.120. The summed E-state index contributed by atoms with van der Waals surface area (Å²) in [5, 5.41) is 6.81. The first-order valence-corrected chi connectivity index (χ1v) is 9.51. The number of hydrogen-bond donors (Lipinski definition) is 3. The lowest BCUT2D eigenvalue weighted by molar-refractivity contribution is -0.116. The summed E-state index contributed by atoms with van der Waals surface area (Å²) < 4.78 is 0. The van der Waals surface area contributed by atoms with Gasteiger partial charge in [-0.2, -0.15) is 0 Å². The summed E-state index contributed by atoms with van der Waals surface area (Å²) >= 11 is 5.58. The Hall–Kier alpha value is -3.19. The van der Waals surface area contributed by atoms with E-state index in [4.69, 9.17) is 12.2 Å². The van der Waals surface area contributed by atoms with Crippen LogP contribution in [0.2, 0.25) is 0 Å². The number of carbonyl (C=O) groups excluding carboxylic acids is 1. The van der Waals surface area contributed by atoms with Crippen molar-refractivity contribution >= 4 is 28.9 Å². The molecule has 0 radical (unpaired) electrons. The molecular weight excluding hydrogens is 370 g/mol. The first-order chi connectivity index (χ1) is 13.6. The zero-order valence-corrected chi connectivity index (χ0v) is 16.2. The van der Waals surface area contributed by atoms with Crippen molar-refractivity contribution in [2.24, 2.45) is 0 Å². The van der Waals surface area contributed by atoms with Gasteiger partial charge in [-0.1, -0.05) is 24.3 Å². The van der Waals surface area contributed by atoms with Gasteiger partial charge in [-0.15, -0.1) is 0 Å². The summed E-state index contributed by atoms with van der Waals surface area (Å²) in [6, 6.07) is 19.0. The lowest BCUT2D eigenvalue weighted by Crippen LogP contribution is -2.37. The average Bonchev–Trinajstić information content (AvgIpc) is 3.26. The van der Waals surface area contributed by atoms with Gasteiger partial charge in [0.1, 0.15) is 6.54 Å². The Balaban J connectivity index is 1.61. The average molecular weight is 392 g/mol. The first kappa shape index (κ1) is 18.2. The number of aromatic amines is 1. The Morgan fingerprint density at radius 1 is 1.14 bits per heavy atom. The lowest BCUT2D eigenvalue weighted by atomic mass is 10.0. The smallest absolute Gasteiger partial charge is 0.244 e. The predicted molar refractivity (Wildman–Crippen MR) is 113 cm³/mol. The number of anilines is 1. The van der Waals surface area contributed by atoms with Crippen LogP contribution in [0, 0.1) is 6.92 Å². The Bertz CT molecular complexity index is 973. The van der Waals surface area contributed by atoms with Gasteiger partial charge in [0.25, 0.3) is 0 Å². The Kier molecular flexibility index (Phi) is 5.08. The quantitative estimate of drug-likeness (QED) is 0.582. The van der Waals surface area contributed by atoms with E-state index in [9.17, 15) is 4.79 Å². The standard InChI is InChI=1S/C21H21N5OS/c1-14-10-11-17(23-14)20-19(16-9-5-6-12-22-16)25-21(28)26(20)13-18(27)24-15-7-3-2-4-8-15/h2-12,19-20,23H,13H2,1H3,(H,24,27)(H,25,28). The number of para-hydroxylation sites is 1. The molecule has 28 heavy (non-hydrogen) atoms. The molecule has 0 spiro atoms. The number of aryl methyl sites for hydroxylation is 1. The van der Waals surface area contributed by atoms with Gasteiger partial charge in [-0.3, -0.25) is 9.78 Å². The number of carbonyl (C=O) groups is 1. The molecule has 0 bridgehead atoms. The molecule has 1 aromatic carbocycles. The SMILES string of the molecule is Cc1ccc(C2C(c3ccccn3)NC(=S)N2CC(=O)Nc2ccccc2)[nH]1. The first-order valence-electron chi connectivity index (χ1n) is 9.10. The maximum Gasteiger partial charge on any atom is 0.244 e. The van der Waals surface area contributed by atoms with Crippen LogP contribution in [0.1, 0.15) is 29.2 Å². The van der Waals surface area contributed by atoms with Crippen molar-refractivity contribution in [3.05, 3.63) is 83.9 Å². The van der Waals surface area contributed by atoms with E-state index < -0.39 is 0 Å². The normalized spacial score (nSPS) is 18.8. The summed E-state index contributed by atoms with van der Waals surface area (Å²) in [6.45, 7) is 2.15. The molecule has 1 saturated heterocycles. The number of amides is 1. The predicted octanol–water partition coefficient (Wildman–Crippen LogP) is 3.33. The fourth-order valence-electron chi connectivity index (χ4n) is 3.49. The van der Waals surface area contributed by atoms with Crippen LogP contribution >= 0.6 is 12.2 Å². The van der Waals surface area contributed by atoms with E-state index in [1.165, 1.54) is 0 Å². The van der Waals surface area contributed by atoms with Crippen molar-refractivity contribution in [3.63, 3.8) is 0 Å². The highest BCUT2D eigenvalue weighted by Crippen LogP contribution is 2.37. The van der Waals surface area contributed by atoms with Gasteiger partial charge in [0.2, 0.25) is 5.91 Å². The molecule has 6 nitrogen and oxygen atoms in total. The molecule has 1 fully saturated rings. The fraction of sp³-hybridized carbons (Fsp3) is 0.190. The molecule has 0 saturated carbocycles. The van der Waals surface area contributed by atoms with Crippen LogP contribution < -0.4 is 10.6 Å². The number of nitrogens with one attached hydrogen (secondary N) is 3.